The van der Waals surface area contributed by atoms with E-state index in [2.05, 4.69) is 4.98 Å². The summed E-state index contributed by atoms with van der Waals surface area (Å²) in [5, 5.41) is 9.29. The van der Waals surface area contributed by atoms with Crippen molar-refractivity contribution in [2.45, 2.75) is 39.3 Å². The molecule has 6 heteroatoms. The van der Waals surface area contributed by atoms with Gasteiger partial charge in [0.2, 0.25) is 0 Å². The molecule has 0 saturated carbocycles. The van der Waals surface area contributed by atoms with Gasteiger partial charge in [-0.1, -0.05) is 6.07 Å². The van der Waals surface area contributed by atoms with Crippen LogP contribution >= 0.6 is 0 Å². The second-order valence-corrected chi connectivity index (χ2v) is 6.58. The molecule has 26 heavy (non-hydrogen) atoms. The molecule has 136 valence electrons. The van der Waals surface area contributed by atoms with Crippen LogP contribution in [0.2, 0.25) is 0 Å². The second-order valence-electron chi connectivity index (χ2n) is 6.58. The van der Waals surface area contributed by atoms with E-state index in [1.54, 1.807) is 24.5 Å². The van der Waals surface area contributed by atoms with Crippen LogP contribution in [0.15, 0.2) is 36.7 Å². The maximum atomic E-state index is 12.8. The molecule has 2 heterocycles. The van der Waals surface area contributed by atoms with Crippen molar-refractivity contribution in [3.05, 3.63) is 58.9 Å². The molecular formula is C20H22N2O4. The minimum absolute atomic E-state index is 0.236. The highest BCUT2D eigenvalue weighted by atomic mass is 16.5. The number of carbonyl (C=O) groups excluding carboxylic acids is 1. The number of likely N-dealkylation sites (tertiary alicyclic amines) is 1. The second kappa shape index (κ2) is 7.56. The number of aliphatic carboxylic acids is 1. The lowest BCUT2D eigenvalue weighted by atomic mass is 10.0. The molecule has 2 aromatic rings. The Morgan fingerprint density at radius 3 is 2.65 bits per heavy atom. The minimum Gasteiger partial charge on any atom is -0.488 e. The predicted molar refractivity (Wildman–Crippen MR) is 96.2 cm³/mol. The number of benzene rings is 1. The largest absolute Gasteiger partial charge is 0.488 e. The Morgan fingerprint density at radius 2 is 2.04 bits per heavy atom. The van der Waals surface area contributed by atoms with Gasteiger partial charge in [0.05, 0.1) is 0 Å². The zero-order chi connectivity index (χ0) is 18.7. The molecule has 1 atom stereocenters. The molecule has 0 radical (unpaired) electrons. The summed E-state index contributed by atoms with van der Waals surface area (Å²) in [5.74, 6) is -0.442. The molecule has 0 spiro atoms. The van der Waals surface area contributed by atoms with Crippen LogP contribution < -0.4 is 4.74 Å². The summed E-state index contributed by atoms with van der Waals surface area (Å²) >= 11 is 0. The molecule has 1 fully saturated rings. The Bertz CT molecular complexity index is 797. The molecule has 6 nitrogen and oxygen atoms in total. The molecule has 0 bridgehead atoms. The first kappa shape index (κ1) is 17.9. The smallest absolute Gasteiger partial charge is 0.326 e. The fraction of sp³-hybridized carbons (Fsp3) is 0.350. The predicted octanol–water partition coefficient (Wildman–Crippen LogP) is 2.97. The maximum absolute atomic E-state index is 12.8. The average Bonchev–Trinajstić information content (AvgIpc) is 3.11. The molecule has 0 unspecified atom stereocenters. The van der Waals surface area contributed by atoms with Gasteiger partial charge in [-0.3, -0.25) is 9.78 Å². The quantitative estimate of drug-likeness (QED) is 0.893. The SMILES string of the molecule is Cc1cc(C(=O)N2CCC[C@@H]2C(=O)O)cc(C)c1OCc1cccnc1. The lowest BCUT2D eigenvalue weighted by molar-refractivity contribution is -0.141. The molecule has 1 aromatic carbocycles. The highest BCUT2D eigenvalue weighted by Gasteiger charge is 2.34. The Balaban J connectivity index is 1.78. The van der Waals surface area contributed by atoms with Crippen LogP contribution in [0.5, 0.6) is 5.75 Å². The molecule has 1 N–H and O–H groups in total. The third-order valence-electron chi connectivity index (χ3n) is 4.61. The number of rotatable bonds is 5. The average molecular weight is 354 g/mol. The summed E-state index contributed by atoms with van der Waals surface area (Å²) in [4.78, 5) is 29.6. The summed E-state index contributed by atoms with van der Waals surface area (Å²) in [5.41, 5.74) is 3.17. The minimum atomic E-state index is -0.944. The Labute approximate surface area is 152 Å². The molecular weight excluding hydrogens is 332 g/mol. The molecule has 1 aromatic heterocycles. The van der Waals surface area contributed by atoms with Crippen LogP contribution in [0, 0.1) is 13.8 Å². The normalized spacial score (nSPS) is 16.5. The van der Waals surface area contributed by atoms with Gasteiger partial charge in [0.1, 0.15) is 18.4 Å². The first-order valence-electron chi connectivity index (χ1n) is 8.64. The molecule has 3 rings (SSSR count). The number of amides is 1. The Hall–Kier alpha value is -2.89. The van der Waals surface area contributed by atoms with Crippen molar-refractivity contribution in [3.8, 4) is 5.75 Å². The van der Waals surface area contributed by atoms with Crippen molar-refractivity contribution in [1.82, 2.24) is 9.88 Å². The van der Waals surface area contributed by atoms with Gasteiger partial charge in [0.15, 0.2) is 0 Å². The van der Waals surface area contributed by atoms with Crippen molar-refractivity contribution >= 4 is 11.9 Å². The number of aryl methyl sites for hydroxylation is 2. The van der Waals surface area contributed by atoms with Crippen LogP contribution in [0.4, 0.5) is 0 Å². The Kier molecular flexibility index (Phi) is 5.21. The molecule has 0 aliphatic carbocycles. The van der Waals surface area contributed by atoms with E-state index in [9.17, 15) is 14.7 Å². The molecule has 1 aliphatic rings. The fourth-order valence-electron chi connectivity index (χ4n) is 3.37. The van der Waals surface area contributed by atoms with Gasteiger partial charge < -0.3 is 14.7 Å². The maximum Gasteiger partial charge on any atom is 0.326 e. The zero-order valence-corrected chi connectivity index (χ0v) is 14.9. The summed E-state index contributed by atoms with van der Waals surface area (Å²) in [6, 6.07) is 6.60. The van der Waals surface area contributed by atoms with Crippen LogP contribution in [0.25, 0.3) is 0 Å². The number of carbonyl (C=O) groups is 2. The molecule has 1 aliphatic heterocycles. The van der Waals surface area contributed by atoms with Crippen molar-refractivity contribution in [2.24, 2.45) is 0 Å². The number of nitrogens with zero attached hydrogens (tertiary/aromatic N) is 2. The summed E-state index contributed by atoms with van der Waals surface area (Å²) < 4.78 is 5.91. The summed E-state index contributed by atoms with van der Waals surface area (Å²) in [6.45, 7) is 4.66. The third kappa shape index (κ3) is 3.69. The van der Waals surface area contributed by atoms with Crippen LogP contribution in [-0.2, 0) is 11.4 Å². The standard InChI is InChI=1S/C20H22N2O4/c1-13-9-16(19(23)22-8-4-6-17(22)20(24)25)10-14(2)18(13)26-12-15-5-3-7-21-11-15/h3,5,7,9-11,17H,4,6,8,12H2,1-2H3,(H,24,25)/t17-/m1/s1. The van der Waals surface area contributed by atoms with E-state index in [0.29, 0.717) is 31.6 Å². The van der Waals surface area contributed by atoms with Gasteiger partial charge in [-0.15, -0.1) is 0 Å². The third-order valence-corrected chi connectivity index (χ3v) is 4.61. The van der Waals surface area contributed by atoms with E-state index in [-0.39, 0.29) is 5.91 Å². The first-order valence-corrected chi connectivity index (χ1v) is 8.64. The number of aromatic nitrogens is 1. The highest BCUT2D eigenvalue weighted by Crippen LogP contribution is 2.28. The number of hydrogen-bond acceptors (Lipinski definition) is 4. The van der Waals surface area contributed by atoms with Gasteiger partial charge in [0, 0.05) is 30.1 Å². The van der Waals surface area contributed by atoms with E-state index in [4.69, 9.17) is 4.74 Å². The van der Waals surface area contributed by atoms with E-state index < -0.39 is 12.0 Å². The first-order chi connectivity index (χ1) is 12.5. The van der Waals surface area contributed by atoms with E-state index >= 15 is 0 Å². The van der Waals surface area contributed by atoms with Crippen LogP contribution in [0.1, 0.15) is 39.9 Å². The number of carboxylic acid groups (broad SMARTS) is 1. The van der Waals surface area contributed by atoms with Gasteiger partial charge in [0.25, 0.3) is 5.91 Å². The van der Waals surface area contributed by atoms with Crippen LogP contribution in [0.3, 0.4) is 0 Å². The lowest BCUT2D eigenvalue weighted by Crippen LogP contribution is -2.40. The van der Waals surface area contributed by atoms with Crippen molar-refractivity contribution in [2.75, 3.05) is 6.54 Å². The lowest BCUT2D eigenvalue weighted by Gasteiger charge is -2.22. The summed E-state index contributed by atoms with van der Waals surface area (Å²) in [6.07, 6.45) is 4.68. The topological polar surface area (TPSA) is 79.7 Å². The van der Waals surface area contributed by atoms with Crippen LogP contribution in [-0.4, -0.2) is 39.5 Å². The number of hydrogen-bond donors (Lipinski definition) is 1. The van der Waals surface area contributed by atoms with Crippen molar-refractivity contribution < 1.29 is 19.4 Å². The van der Waals surface area contributed by atoms with E-state index in [1.165, 1.54) is 4.90 Å². The molecule has 1 amide bonds. The van der Waals surface area contributed by atoms with E-state index in [0.717, 1.165) is 22.4 Å². The van der Waals surface area contributed by atoms with Crippen molar-refractivity contribution in [1.29, 1.82) is 0 Å². The highest BCUT2D eigenvalue weighted by molar-refractivity contribution is 5.97. The van der Waals surface area contributed by atoms with Gasteiger partial charge >= 0.3 is 5.97 Å². The van der Waals surface area contributed by atoms with Gasteiger partial charge in [-0.05, 0) is 56.0 Å². The van der Waals surface area contributed by atoms with Gasteiger partial charge in [-0.2, -0.15) is 0 Å². The number of carboxylic acids is 1. The van der Waals surface area contributed by atoms with Gasteiger partial charge in [-0.25, -0.2) is 4.79 Å². The molecule has 1 saturated heterocycles. The summed E-state index contributed by atoms with van der Waals surface area (Å²) in [7, 11) is 0. The Morgan fingerprint density at radius 1 is 1.31 bits per heavy atom. The number of ether oxygens (including phenoxy) is 1. The monoisotopic (exact) mass is 354 g/mol. The fourth-order valence-corrected chi connectivity index (χ4v) is 3.37. The van der Waals surface area contributed by atoms with E-state index in [1.807, 2.05) is 26.0 Å². The number of pyridine rings is 1. The van der Waals surface area contributed by atoms with Crippen molar-refractivity contribution in [3.63, 3.8) is 0 Å². The zero-order valence-electron chi connectivity index (χ0n) is 14.9.